The van der Waals surface area contributed by atoms with Gasteiger partial charge in [-0.2, -0.15) is 0 Å². The number of alkyl halides is 3. The molecule has 0 radical (unpaired) electrons. The molecule has 164 valence electrons. The molecule has 30 heavy (non-hydrogen) atoms. The van der Waals surface area contributed by atoms with Gasteiger partial charge in [0, 0.05) is 0 Å². The molecule has 0 atom stereocenters. The summed E-state index contributed by atoms with van der Waals surface area (Å²) in [5.41, 5.74) is 0.225. The number of anilines is 2. The zero-order chi connectivity index (χ0) is 22.5. The number of ether oxygens (including phenoxy) is 3. The third-order valence-electron chi connectivity index (χ3n) is 3.74. The molecule has 2 aromatic rings. The second-order valence-electron chi connectivity index (χ2n) is 5.77. The van der Waals surface area contributed by atoms with Crippen LogP contribution in [-0.4, -0.2) is 40.7 Å². The molecular weight excluding hydrogens is 495 g/mol. The summed E-state index contributed by atoms with van der Waals surface area (Å²) in [5, 5.41) is 0. The number of nitrogens with zero attached hydrogens (tertiary/aromatic N) is 1. The molecule has 0 saturated carbocycles. The number of carbonyl (C=O) groups excluding carboxylic acids is 1. The fraction of sp³-hybridized carbons (Fsp3) is 0.278. The normalized spacial score (nSPS) is 11.7. The van der Waals surface area contributed by atoms with Crippen molar-refractivity contribution in [3.05, 3.63) is 46.9 Å². The Morgan fingerprint density at radius 3 is 2.17 bits per heavy atom. The van der Waals surface area contributed by atoms with Crippen molar-refractivity contribution in [3.63, 3.8) is 0 Å². The Bertz CT molecular complexity index is 996. The van der Waals surface area contributed by atoms with Gasteiger partial charge in [0.05, 0.1) is 42.2 Å². The zero-order valence-electron chi connectivity index (χ0n) is 15.8. The minimum Gasteiger partial charge on any atom is -0.496 e. The van der Waals surface area contributed by atoms with Crippen LogP contribution in [0.25, 0.3) is 0 Å². The quantitative estimate of drug-likeness (QED) is 0.489. The lowest BCUT2D eigenvalue weighted by molar-refractivity contribution is -0.274. The average Bonchev–Trinajstić information content (AvgIpc) is 2.66. The summed E-state index contributed by atoms with van der Waals surface area (Å²) in [4.78, 5) is 11.4. The van der Waals surface area contributed by atoms with E-state index in [0.717, 1.165) is 35.7 Å². The number of sulfonamides is 1. The highest BCUT2D eigenvalue weighted by atomic mass is 79.9. The number of halogens is 4. The highest BCUT2D eigenvalue weighted by Gasteiger charge is 2.31. The lowest BCUT2D eigenvalue weighted by Gasteiger charge is -2.25. The molecule has 0 heterocycles. The molecule has 0 bridgehead atoms. The highest BCUT2D eigenvalue weighted by Crippen LogP contribution is 2.36. The number of benzene rings is 2. The number of methoxy groups -OCH3 is 2. The lowest BCUT2D eigenvalue weighted by atomic mass is 10.2. The Kier molecular flexibility index (Phi) is 7.59. The standard InChI is InChI=1S/C18H17BrF3NO6S/c1-27-16-8-5-13(11-15(16)19)23(30(25,26)10-9-17(24)28-2)12-3-6-14(7-4-12)29-18(20,21)22/h3-8,11H,9-10H2,1-2H3. The molecule has 0 N–H and O–H groups in total. The summed E-state index contributed by atoms with van der Waals surface area (Å²) in [6.07, 6.45) is -5.28. The Balaban J connectivity index is 2.48. The molecule has 0 aliphatic carbocycles. The van der Waals surface area contributed by atoms with Crippen molar-refractivity contribution in [2.75, 3.05) is 24.3 Å². The van der Waals surface area contributed by atoms with Gasteiger partial charge in [-0.1, -0.05) is 0 Å². The molecule has 0 saturated heterocycles. The van der Waals surface area contributed by atoms with Gasteiger partial charge in [0.25, 0.3) is 0 Å². The van der Waals surface area contributed by atoms with E-state index in [1.807, 2.05) is 0 Å². The van der Waals surface area contributed by atoms with Crippen LogP contribution in [0.15, 0.2) is 46.9 Å². The van der Waals surface area contributed by atoms with Crippen molar-refractivity contribution >= 4 is 43.3 Å². The predicted molar refractivity (Wildman–Crippen MR) is 106 cm³/mol. The summed E-state index contributed by atoms with van der Waals surface area (Å²) in [7, 11) is -1.54. The third kappa shape index (κ3) is 6.26. The van der Waals surface area contributed by atoms with E-state index in [2.05, 4.69) is 25.4 Å². The van der Waals surface area contributed by atoms with Crippen molar-refractivity contribution < 1.29 is 40.6 Å². The minimum absolute atomic E-state index is 0.0476. The van der Waals surface area contributed by atoms with Crippen molar-refractivity contribution in [1.29, 1.82) is 0 Å². The van der Waals surface area contributed by atoms with E-state index in [0.29, 0.717) is 10.2 Å². The third-order valence-corrected chi connectivity index (χ3v) is 6.06. The van der Waals surface area contributed by atoms with Gasteiger partial charge >= 0.3 is 12.3 Å². The Morgan fingerprint density at radius 2 is 1.67 bits per heavy atom. The first-order valence-corrected chi connectivity index (χ1v) is 10.7. The van der Waals surface area contributed by atoms with E-state index in [1.54, 1.807) is 0 Å². The Hall–Kier alpha value is -2.47. The molecule has 12 heteroatoms. The number of carbonyl (C=O) groups is 1. The Labute approximate surface area is 179 Å². The maximum absolute atomic E-state index is 13.0. The average molecular weight is 512 g/mol. The number of hydrogen-bond acceptors (Lipinski definition) is 6. The summed E-state index contributed by atoms with van der Waals surface area (Å²) in [5.74, 6) is -1.36. The van der Waals surface area contributed by atoms with Gasteiger partial charge in [-0.15, -0.1) is 13.2 Å². The predicted octanol–water partition coefficient (Wildman–Crippen LogP) is 4.39. The Morgan fingerprint density at radius 1 is 1.07 bits per heavy atom. The number of rotatable bonds is 8. The van der Waals surface area contributed by atoms with Gasteiger partial charge in [-0.3, -0.25) is 4.79 Å². The topological polar surface area (TPSA) is 82.1 Å². The SMILES string of the molecule is COC(=O)CCS(=O)(=O)N(c1ccc(OC(F)(F)F)cc1)c1ccc(OC)c(Br)c1. The maximum atomic E-state index is 13.0. The molecule has 7 nitrogen and oxygen atoms in total. The van der Waals surface area contributed by atoms with E-state index >= 15 is 0 Å². The highest BCUT2D eigenvalue weighted by molar-refractivity contribution is 9.10. The van der Waals surface area contributed by atoms with Crippen molar-refractivity contribution in [3.8, 4) is 11.5 Å². The second kappa shape index (κ2) is 9.56. The molecule has 0 aromatic heterocycles. The van der Waals surface area contributed by atoms with Crippen LogP contribution >= 0.6 is 15.9 Å². The molecular formula is C18H17BrF3NO6S. The fourth-order valence-electron chi connectivity index (χ4n) is 2.44. The molecule has 0 fully saturated rings. The van der Waals surface area contributed by atoms with Crippen molar-refractivity contribution in [2.45, 2.75) is 12.8 Å². The summed E-state index contributed by atoms with van der Waals surface area (Å²) < 4.78 is 77.9. The van der Waals surface area contributed by atoms with Gasteiger partial charge in [0.2, 0.25) is 10.0 Å². The fourth-order valence-corrected chi connectivity index (χ4v) is 4.45. The molecule has 0 spiro atoms. The monoisotopic (exact) mass is 511 g/mol. The van der Waals surface area contributed by atoms with Gasteiger partial charge in [-0.25, -0.2) is 12.7 Å². The molecule has 0 unspecified atom stereocenters. The van der Waals surface area contributed by atoms with Gasteiger partial charge in [-0.05, 0) is 58.4 Å². The summed E-state index contributed by atoms with van der Waals surface area (Å²) in [6.45, 7) is 0. The summed E-state index contributed by atoms with van der Waals surface area (Å²) in [6, 6.07) is 8.75. The van der Waals surface area contributed by atoms with Crippen LogP contribution in [0.5, 0.6) is 11.5 Å². The number of esters is 1. The van der Waals surface area contributed by atoms with E-state index in [-0.39, 0.29) is 11.4 Å². The van der Waals surface area contributed by atoms with E-state index in [1.165, 1.54) is 25.3 Å². The largest absolute Gasteiger partial charge is 0.573 e. The minimum atomic E-state index is -4.88. The molecule has 0 aliphatic rings. The lowest BCUT2D eigenvalue weighted by Crippen LogP contribution is -2.30. The molecule has 2 rings (SSSR count). The molecule has 0 aliphatic heterocycles. The van der Waals surface area contributed by atoms with Gasteiger partial charge in [0.15, 0.2) is 0 Å². The van der Waals surface area contributed by atoms with Crippen LogP contribution in [0.3, 0.4) is 0 Å². The second-order valence-corrected chi connectivity index (χ2v) is 8.56. The van der Waals surface area contributed by atoms with Crippen molar-refractivity contribution in [1.82, 2.24) is 0 Å². The van der Waals surface area contributed by atoms with Crippen LogP contribution < -0.4 is 13.8 Å². The van der Waals surface area contributed by atoms with Gasteiger partial charge < -0.3 is 14.2 Å². The molecule has 2 aromatic carbocycles. The first-order chi connectivity index (χ1) is 14.0. The van der Waals surface area contributed by atoms with Crippen LogP contribution in [0.2, 0.25) is 0 Å². The molecule has 0 amide bonds. The zero-order valence-corrected chi connectivity index (χ0v) is 18.2. The maximum Gasteiger partial charge on any atom is 0.573 e. The van der Waals surface area contributed by atoms with Crippen LogP contribution in [0, 0.1) is 0 Å². The van der Waals surface area contributed by atoms with Gasteiger partial charge in [0.1, 0.15) is 11.5 Å². The van der Waals surface area contributed by atoms with E-state index in [9.17, 15) is 26.4 Å². The number of hydrogen-bond donors (Lipinski definition) is 0. The van der Waals surface area contributed by atoms with Crippen molar-refractivity contribution in [2.24, 2.45) is 0 Å². The van der Waals surface area contributed by atoms with Crippen LogP contribution in [0.1, 0.15) is 6.42 Å². The van der Waals surface area contributed by atoms with Crippen LogP contribution in [-0.2, 0) is 19.6 Å². The van der Waals surface area contributed by atoms with Crippen LogP contribution in [0.4, 0.5) is 24.5 Å². The first-order valence-electron chi connectivity index (χ1n) is 8.26. The van der Waals surface area contributed by atoms with E-state index in [4.69, 9.17) is 4.74 Å². The first kappa shape index (κ1) is 23.8. The summed E-state index contributed by atoms with van der Waals surface area (Å²) >= 11 is 3.27. The van der Waals surface area contributed by atoms with E-state index < -0.39 is 40.3 Å². The smallest absolute Gasteiger partial charge is 0.496 e.